The van der Waals surface area contributed by atoms with E-state index in [2.05, 4.69) is 0 Å². The van der Waals surface area contributed by atoms with Crippen LogP contribution in [0.2, 0.25) is 0 Å². The van der Waals surface area contributed by atoms with Gasteiger partial charge in [-0.25, -0.2) is 0 Å². The number of nitrogens with zero attached hydrogens (tertiary/aromatic N) is 1. The Kier molecular flexibility index (Phi) is 5.39. The van der Waals surface area contributed by atoms with E-state index < -0.39 is 15.0 Å². The maximum atomic E-state index is 10.6. The second-order valence-electron chi connectivity index (χ2n) is 2.61. The van der Waals surface area contributed by atoms with E-state index in [1.54, 1.807) is 0 Å². The molecule has 0 heterocycles. The van der Waals surface area contributed by atoms with E-state index in [-0.39, 0.29) is 42.4 Å². The molecule has 0 bridgehead atoms. The van der Waals surface area contributed by atoms with Crippen LogP contribution in [-0.2, 0) is 16.7 Å². The van der Waals surface area contributed by atoms with Crippen LogP contribution >= 0.6 is 0 Å². The molecule has 0 fully saturated rings. The summed E-state index contributed by atoms with van der Waals surface area (Å²) in [6.45, 7) is -0.369. The van der Waals surface area contributed by atoms with Crippen molar-refractivity contribution in [2.24, 2.45) is 0 Å². The number of hydrogen-bond acceptors (Lipinski definition) is 4. The molecule has 0 saturated carbocycles. The number of benzene rings is 1. The van der Waals surface area contributed by atoms with Crippen LogP contribution in [0.15, 0.2) is 29.2 Å². The van der Waals surface area contributed by atoms with Gasteiger partial charge in [-0.3, -0.25) is 14.7 Å². The van der Waals surface area contributed by atoms with E-state index in [0.29, 0.717) is 5.56 Å². The second kappa shape index (κ2) is 5.57. The van der Waals surface area contributed by atoms with Crippen LogP contribution in [0.4, 0.5) is 0 Å². The molecule has 78 valence electrons. The Balaban J connectivity index is 0. The first kappa shape index (κ1) is 14.5. The maximum Gasteiger partial charge on any atom is 1.00 e. The molecule has 0 aromatic heterocycles. The standard InChI is InChI=1S/C7H7NO5S.Na.H/c9-8(10)5-6-1-3-7(4-2-6)14(11,12)13;;/h1-4H,5H2,(H,11,12,13);;/q;+1;-1. The Hall–Kier alpha value is -0.470. The summed E-state index contributed by atoms with van der Waals surface area (Å²) in [5, 5.41) is 10.1. The van der Waals surface area contributed by atoms with Gasteiger partial charge in [0, 0.05) is 10.5 Å². The Morgan fingerprint density at radius 1 is 1.33 bits per heavy atom. The van der Waals surface area contributed by atoms with Gasteiger partial charge in [-0.15, -0.1) is 0 Å². The smallest absolute Gasteiger partial charge is 1.00 e. The van der Waals surface area contributed by atoms with E-state index in [9.17, 15) is 18.5 Å². The molecule has 1 aromatic carbocycles. The average Bonchev–Trinajstić information content (AvgIpc) is 2.02. The quantitative estimate of drug-likeness (QED) is 0.281. The molecule has 15 heavy (non-hydrogen) atoms. The summed E-state index contributed by atoms with van der Waals surface area (Å²) in [4.78, 5) is 9.29. The molecular weight excluding hydrogens is 233 g/mol. The van der Waals surface area contributed by atoms with Crippen LogP contribution in [0.25, 0.3) is 0 Å². The number of rotatable bonds is 3. The Morgan fingerprint density at radius 2 is 1.80 bits per heavy atom. The minimum atomic E-state index is -4.22. The van der Waals surface area contributed by atoms with Crippen molar-refractivity contribution < 1.29 is 48.9 Å². The molecule has 0 aliphatic heterocycles. The second-order valence-corrected chi connectivity index (χ2v) is 4.03. The van der Waals surface area contributed by atoms with E-state index in [4.69, 9.17) is 4.55 Å². The van der Waals surface area contributed by atoms with Gasteiger partial charge in [0.2, 0.25) is 6.54 Å². The average molecular weight is 241 g/mol. The van der Waals surface area contributed by atoms with Crippen molar-refractivity contribution in [1.82, 2.24) is 0 Å². The van der Waals surface area contributed by atoms with Gasteiger partial charge < -0.3 is 1.43 Å². The van der Waals surface area contributed by atoms with E-state index in [0.717, 1.165) is 12.1 Å². The van der Waals surface area contributed by atoms with Gasteiger partial charge >= 0.3 is 29.6 Å². The van der Waals surface area contributed by atoms with Crippen molar-refractivity contribution in [3.05, 3.63) is 39.9 Å². The summed E-state index contributed by atoms with van der Waals surface area (Å²) < 4.78 is 29.8. The van der Waals surface area contributed by atoms with Gasteiger partial charge in [-0.05, 0) is 12.1 Å². The minimum absolute atomic E-state index is 0. The van der Waals surface area contributed by atoms with Crippen LogP contribution in [0.5, 0.6) is 0 Å². The van der Waals surface area contributed by atoms with Crippen LogP contribution in [0, 0.1) is 10.1 Å². The zero-order valence-electron chi connectivity index (χ0n) is 8.95. The molecule has 0 aliphatic rings. The van der Waals surface area contributed by atoms with Gasteiger partial charge in [0.1, 0.15) is 0 Å². The Bertz CT molecular complexity index is 446. The van der Waals surface area contributed by atoms with Crippen molar-refractivity contribution in [3.63, 3.8) is 0 Å². The zero-order valence-corrected chi connectivity index (χ0v) is 10.8. The molecule has 0 amide bonds. The van der Waals surface area contributed by atoms with Gasteiger partial charge in [0.05, 0.1) is 4.90 Å². The van der Waals surface area contributed by atoms with Crippen molar-refractivity contribution in [3.8, 4) is 0 Å². The summed E-state index contributed by atoms with van der Waals surface area (Å²) in [7, 11) is -4.22. The summed E-state index contributed by atoms with van der Waals surface area (Å²) >= 11 is 0. The monoisotopic (exact) mass is 241 g/mol. The number of hydrogen-bond donors (Lipinski definition) is 1. The molecule has 0 atom stereocenters. The topological polar surface area (TPSA) is 97.5 Å². The summed E-state index contributed by atoms with van der Waals surface area (Å²) in [5.74, 6) is 0. The van der Waals surface area contributed by atoms with Crippen LogP contribution < -0.4 is 29.6 Å². The minimum Gasteiger partial charge on any atom is -1.00 e. The van der Waals surface area contributed by atoms with Gasteiger partial charge in [0.25, 0.3) is 10.1 Å². The van der Waals surface area contributed by atoms with Gasteiger partial charge in [-0.1, -0.05) is 12.1 Å². The van der Waals surface area contributed by atoms with Crippen molar-refractivity contribution in [2.45, 2.75) is 11.4 Å². The summed E-state index contributed by atoms with van der Waals surface area (Å²) in [6, 6.07) is 4.81. The van der Waals surface area contributed by atoms with Crippen molar-refractivity contribution >= 4 is 10.1 Å². The first-order valence-electron chi connectivity index (χ1n) is 3.58. The molecule has 0 radical (unpaired) electrons. The predicted octanol–water partition coefficient (Wildman–Crippen LogP) is -2.17. The normalized spacial score (nSPS) is 10.5. The molecule has 0 spiro atoms. The SMILES string of the molecule is O=[N+]([O-])Cc1ccc(S(=O)(=O)O)cc1.[H-].[Na+]. The van der Waals surface area contributed by atoms with E-state index in [1.807, 2.05) is 0 Å². The third-order valence-corrected chi connectivity index (χ3v) is 2.40. The van der Waals surface area contributed by atoms with E-state index >= 15 is 0 Å². The summed E-state index contributed by atoms with van der Waals surface area (Å²) in [6.07, 6.45) is 0. The van der Waals surface area contributed by atoms with Crippen LogP contribution in [0.1, 0.15) is 6.99 Å². The molecule has 1 rings (SSSR count). The molecular formula is C7H8NNaO5S. The largest absolute Gasteiger partial charge is 1.00 e. The van der Waals surface area contributed by atoms with Crippen LogP contribution in [-0.4, -0.2) is 17.9 Å². The molecule has 0 unspecified atom stereocenters. The van der Waals surface area contributed by atoms with E-state index in [1.165, 1.54) is 12.1 Å². The fourth-order valence-corrected chi connectivity index (χ4v) is 1.40. The van der Waals surface area contributed by atoms with Crippen molar-refractivity contribution in [1.29, 1.82) is 0 Å². The third kappa shape index (κ3) is 4.72. The molecule has 0 aliphatic carbocycles. The molecule has 0 saturated heterocycles. The predicted molar refractivity (Wildman–Crippen MR) is 48.1 cm³/mol. The first-order valence-corrected chi connectivity index (χ1v) is 5.02. The van der Waals surface area contributed by atoms with Gasteiger partial charge in [0.15, 0.2) is 0 Å². The Labute approximate surface area is 110 Å². The third-order valence-electron chi connectivity index (χ3n) is 1.53. The zero-order chi connectivity index (χ0) is 10.8. The fourth-order valence-electron chi connectivity index (χ4n) is 0.916. The molecule has 1 N–H and O–H groups in total. The maximum absolute atomic E-state index is 10.6. The fraction of sp³-hybridized carbons (Fsp3) is 0.143. The molecule has 8 heteroatoms. The molecule has 6 nitrogen and oxygen atoms in total. The first-order chi connectivity index (χ1) is 6.39. The van der Waals surface area contributed by atoms with Gasteiger partial charge in [-0.2, -0.15) is 8.42 Å². The Morgan fingerprint density at radius 3 is 2.13 bits per heavy atom. The number of nitro groups is 1. The molecule has 1 aromatic rings. The summed E-state index contributed by atoms with van der Waals surface area (Å²) in [5.41, 5.74) is 0.377. The van der Waals surface area contributed by atoms with Crippen LogP contribution in [0.3, 0.4) is 0 Å². The van der Waals surface area contributed by atoms with Crippen molar-refractivity contribution in [2.75, 3.05) is 0 Å².